The van der Waals surface area contributed by atoms with Crippen molar-refractivity contribution in [3.8, 4) is 0 Å². The van der Waals surface area contributed by atoms with Crippen LogP contribution in [0.2, 0.25) is 0 Å². The maximum atomic E-state index is 14.3. The first kappa shape index (κ1) is 15.6. The first-order valence-electron chi connectivity index (χ1n) is 6.91. The Kier molecular flexibility index (Phi) is 3.87. The van der Waals surface area contributed by atoms with E-state index >= 15 is 0 Å². The van der Waals surface area contributed by atoms with Gasteiger partial charge in [-0.05, 0) is 17.7 Å². The monoisotopic (exact) mass is 322 g/mol. The van der Waals surface area contributed by atoms with Gasteiger partial charge in [0, 0.05) is 12.6 Å². The van der Waals surface area contributed by atoms with Crippen LogP contribution in [0.4, 0.5) is 14.6 Å². The van der Waals surface area contributed by atoms with E-state index in [1.54, 1.807) is 24.3 Å². The third-order valence-corrected chi connectivity index (χ3v) is 3.68. The smallest absolute Gasteiger partial charge is 0.351 e. The lowest BCUT2D eigenvalue weighted by atomic mass is 10.0. The van der Waals surface area contributed by atoms with E-state index in [0.29, 0.717) is 10.1 Å². The number of hydrogen-bond acceptors (Lipinski definition) is 5. The number of alkyl halides is 2. The van der Waals surface area contributed by atoms with Crippen LogP contribution in [0.25, 0.3) is 0 Å². The highest BCUT2D eigenvalue weighted by molar-refractivity contribution is 5.24. The van der Waals surface area contributed by atoms with Gasteiger partial charge in [0.25, 0.3) is 0 Å². The van der Waals surface area contributed by atoms with Gasteiger partial charge in [0.2, 0.25) is 6.23 Å². The number of ether oxygens (including phenoxy) is 1. The molecule has 121 valence electrons. The van der Waals surface area contributed by atoms with E-state index in [0.717, 1.165) is 6.20 Å². The SMILES string of the molecule is Nc1ccn([C@@H]2O[C@H](Cc3[c]cccc3)[C@@H](O)C2(F)F)c(=O)n1. The second-order valence-electron chi connectivity index (χ2n) is 5.28. The zero-order valence-corrected chi connectivity index (χ0v) is 11.9. The molecule has 0 spiro atoms. The molecule has 1 saturated heterocycles. The average Bonchev–Trinajstić information content (AvgIpc) is 2.72. The van der Waals surface area contributed by atoms with Crippen molar-refractivity contribution in [1.29, 1.82) is 0 Å². The number of benzene rings is 1. The Bertz CT molecular complexity index is 751. The van der Waals surface area contributed by atoms with Crippen LogP contribution in [0.3, 0.4) is 0 Å². The highest BCUT2D eigenvalue weighted by atomic mass is 19.3. The standard InChI is InChI=1S/C15H14F2N3O3/c16-15(17)12(21)10(8-9-4-2-1-3-5-9)23-13(15)20-7-6-11(18)19-14(20)22/h1-4,6-7,10,12-13,21H,8H2,(H2,18,19,22)/t10-,12-,13-/m1/s1. The Labute approximate surface area is 130 Å². The van der Waals surface area contributed by atoms with Gasteiger partial charge in [-0.1, -0.05) is 24.3 Å². The summed E-state index contributed by atoms with van der Waals surface area (Å²) < 4.78 is 34.5. The van der Waals surface area contributed by atoms with E-state index < -0.39 is 30.0 Å². The van der Waals surface area contributed by atoms with Gasteiger partial charge in [-0.15, -0.1) is 0 Å². The number of aliphatic hydroxyl groups excluding tert-OH is 1. The van der Waals surface area contributed by atoms with E-state index in [9.17, 15) is 18.7 Å². The molecule has 3 rings (SSSR count). The van der Waals surface area contributed by atoms with Crippen molar-refractivity contribution < 1.29 is 18.6 Å². The van der Waals surface area contributed by atoms with E-state index in [1.165, 1.54) is 6.07 Å². The summed E-state index contributed by atoms with van der Waals surface area (Å²) in [5.41, 5.74) is 5.00. The topological polar surface area (TPSA) is 90.4 Å². The van der Waals surface area contributed by atoms with E-state index in [2.05, 4.69) is 11.1 Å². The average molecular weight is 322 g/mol. The predicted molar refractivity (Wildman–Crippen MR) is 76.8 cm³/mol. The van der Waals surface area contributed by atoms with Crippen LogP contribution < -0.4 is 11.4 Å². The molecule has 1 aromatic carbocycles. The molecule has 0 aliphatic carbocycles. The minimum absolute atomic E-state index is 0.0469. The molecule has 0 bridgehead atoms. The van der Waals surface area contributed by atoms with Gasteiger partial charge in [0.1, 0.15) is 11.9 Å². The summed E-state index contributed by atoms with van der Waals surface area (Å²) >= 11 is 0. The number of nitrogen functional groups attached to an aromatic ring is 1. The number of anilines is 1. The van der Waals surface area contributed by atoms with Gasteiger partial charge >= 0.3 is 11.6 Å². The largest absolute Gasteiger partial charge is 0.384 e. The normalized spacial score (nSPS) is 26.3. The number of nitrogens with two attached hydrogens (primary N) is 1. The molecular formula is C15H14F2N3O3. The highest BCUT2D eigenvalue weighted by Gasteiger charge is 2.59. The Morgan fingerprint density at radius 2 is 2.22 bits per heavy atom. The lowest BCUT2D eigenvalue weighted by molar-refractivity contribution is -0.140. The van der Waals surface area contributed by atoms with Crippen molar-refractivity contribution in [3.05, 3.63) is 58.6 Å². The van der Waals surface area contributed by atoms with Crippen molar-refractivity contribution in [2.45, 2.75) is 30.8 Å². The Morgan fingerprint density at radius 1 is 1.43 bits per heavy atom. The summed E-state index contributed by atoms with van der Waals surface area (Å²) in [6.45, 7) is 0. The van der Waals surface area contributed by atoms with Crippen molar-refractivity contribution in [3.63, 3.8) is 0 Å². The molecule has 3 N–H and O–H groups in total. The fraction of sp³-hybridized carbons (Fsp3) is 0.333. The summed E-state index contributed by atoms with van der Waals surface area (Å²) in [5, 5.41) is 9.91. The van der Waals surface area contributed by atoms with Crippen LogP contribution >= 0.6 is 0 Å². The molecule has 0 amide bonds. The molecule has 1 aliphatic rings. The van der Waals surface area contributed by atoms with Crippen LogP contribution in [-0.4, -0.2) is 32.8 Å². The quantitative estimate of drug-likeness (QED) is 0.871. The summed E-state index contributed by atoms with van der Waals surface area (Å²) in [4.78, 5) is 15.2. The van der Waals surface area contributed by atoms with Crippen LogP contribution in [-0.2, 0) is 11.2 Å². The van der Waals surface area contributed by atoms with Crippen molar-refractivity contribution in [2.24, 2.45) is 0 Å². The lowest BCUT2D eigenvalue weighted by Gasteiger charge is -2.20. The second-order valence-corrected chi connectivity index (χ2v) is 5.28. The molecule has 23 heavy (non-hydrogen) atoms. The molecule has 6 nitrogen and oxygen atoms in total. The number of nitrogens with zero attached hydrogens (tertiary/aromatic N) is 2. The first-order chi connectivity index (χ1) is 10.9. The molecule has 1 aliphatic heterocycles. The molecular weight excluding hydrogens is 308 g/mol. The van der Waals surface area contributed by atoms with Gasteiger partial charge < -0.3 is 15.6 Å². The van der Waals surface area contributed by atoms with E-state index in [-0.39, 0.29) is 12.2 Å². The third-order valence-electron chi connectivity index (χ3n) is 3.68. The van der Waals surface area contributed by atoms with Gasteiger partial charge in [-0.2, -0.15) is 13.8 Å². The van der Waals surface area contributed by atoms with Crippen LogP contribution in [0.15, 0.2) is 41.3 Å². The molecule has 1 aromatic heterocycles. The van der Waals surface area contributed by atoms with Crippen LogP contribution in [0.1, 0.15) is 11.8 Å². The minimum Gasteiger partial charge on any atom is -0.384 e. The van der Waals surface area contributed by atoms with Gasteiger partial charge in [-0.25, -0.2) is 4.79 Å². The molecule has 2 heterocycles. The zero-order valence-electron chi connectivity index (χ0n) is 11.9. The number of aliphatic hydroxyl groups is 1. The first-order valence-corrected chi connectivity index (χ1v) is 6.91. The molecule has 2 aromatic rings. The maximum absolute atomic E-state index is 14.3. The van der Waals surface area contributed by atoms with Crippen LogP contribution in [0.5, 0.6) is 0 Å². The lowest BCUT2D eigenvalue weighted by Crippen LogP contribution is -2.41. The Hall–Kier alpha value is -2.32. The maximum Gasteiger partial charge on any atom is 0.351 e. The van der Waals surface area contributed by atoms with E-state index in [1.807, 2.05) is 0 Å². The molecule has 1 fully saturated rings. The van der Waals surface area contributed by atoms with E-state index in [4.69, 9.17) is 10.5 Å². The van der Waals surface area contributed by atoms with Gasteiger partial charge in [0.15, 0.2) is 0 Å². The Balaban J connectivity index is 1.89. The molecule has 1 radical (unpaired) electrons. The van der Waals surface area contributed by atoms with Crippen LogP contribution in [0, 0.1) is 6.07 Å². The summed E-state index contributed by atoms with van der Waals surface area (Å²) in [6.07, 6.45) is -4.03. The second kappa shape index (κ2) is 5.71. The third kappa shape index (κ3) is 2.82. The molecule has 0 saturated carbocycles. The fourth-order valence-corrected chi connectivity index (χ4v) is 2.51. The number of rotatable bonds is 3. The van der Waals surface area contributed by atoms with Gasteiger partial charge in [0.05, 0.1) is 6.10 Å². The predicted octanol–water partition coefficient (Wildman–Crippen LogP) is 0.762. The van der Waals surface area contributed by atoms with Crippen molar-refractivity contribution in [1.82, 2.24) is 9.55 Å². The summed E-state index contributed by atoms with van der Waals surface area (Å²) in [6, 6.07) is 10.9. The molecule has 0 unspecified atom stereocenters. The Morgan fingerprint density at radius 3 is 2.87 bits per heavy atom. The van der Waals surface area contributed by atoms with Crippen molar-refractivity contribution >= 4 is 5.82 Å². The molecule has 8 heteroatoms. The number of hydrogen-bond donors (Lipinski definition) is 2. The number of aromatic nitrogens is 2. The summed E-state index contributed by atoms with van der Waals surface area (Å²) in [7, 11) is 0. The highest BCUT2D eigenvalue weighted by Crippen LogP contribution is 2.43. The zero-order chi connectivity index (χ0) is 16.6. The fourth-order valence-electron chi connectivity index (χ4n) is 2.51. The number of halogens is 2. The minimum atomic E-state index is -3.64. The van der Waals surface area contributed by atoms with Gasteiger partial charge in [-0.3, -0.25) is 4.57 Å². The molecule has 3 atom stereocenters. The van der Waals surface area contributed by atoms with Crippen molar-refractivity contribution in [2.75, 3.05) is 5.73 Å². The summed E-state index contributed by atoms with van der Waals surface area (Å²) in [5.74, 6) is -3.72.